The summed E-state index contributed by atoms with van der Waals surface area (Å²) in [7, 11) is 1.23. The van der Waals surface area contributed by atoms with Gasteiger partial charge in [0.25, 0.3) is 0 Å². The Kier molecular flexibility index (Phi) is 5.30. The first-order chi connectivity index (χ1) is 10.7. The first kappa shape index (κ1) is 18.1. The van der Waals surface area contributed by atoms with Crippen LogP contribution < -0.4 is 5.32 Å². The summed E-state index contributed by atoms with van der Waals surface area (Å²) in [5, 5.41) is 4.43. The molecule has 0 bridgehead atoms. The first-order valence-corrected chi connectivity index (χ1v) is 9.06. The largest absolute Gasteiger partial charge is 0.458 e. The first-order valence-electron chi connectivity index (χ1n) is 6.99. The Hall–Kier alpha value is -1.22. The average molecular weight is 407 g/mol. The summed E-state index contributed by atoms with van der Waals surface area (Å²) in [6.45, 7) is 5.32. The molecule has 0 saturated carbocycles. The molecule has 2 aliphatic rings. The van der Waals surface area contributed by atoms with Gasteiger partial charge >= 0.3 is 12.1 Å². The van der Waals surface area contributed by atoms with E-state index in [9.17, 15) is 14.4 Å². The highest BCUT2D eigenvalue weighted by atomic mass is 79.9. The number of carbonyl (C=O) groups excluding carboxylic acids is 3. The number of carbonyl (C=O) groups is 3. The molecule has 2 aliphatic heterocycles. The second-order valence-electron chi connectivity index (χ2n) is 6.15. The molecule has 0 aromatic rings. The maximum absolute atomic E-state index is 12.5. The third-order valence-corrected chi connectivity index (χ3v) is 5.18. The van der Waals surface area contributed by atoms with Crippen molar-refractivity contribution in [1.82, 2.24) is 10.2 Å². The Morgan fingerprint density at radius 2 is 2.09 bits per heavy atom. The number of ether oxygens (including phenoxy) is 2. The lowest BCUT2D eigenvalue weighted by Gasteiger charge is -2.51. The van der Waals surface area contributed by atoms with E-state index >= 15 is 0 Å². The summed E-state index contributed by atoms with van der Waals surface area (Å²) in [4.78, 5) is 37.7. The normalized spacial score (nSPS) is 26.7. The Balaban J connectivity index is 2.20. The maximum Gasteiger partial charge on any atom is 0.407 e. The van der Waals surface area contributed by atoms with Crippen LogP contribution in [0.1, 0.15) is 20.8 Å². The molecule has 1 N–H and O–H groups in total. The van der Waals surface area contributed by atoms with Gasteiger partial charge in [0.05, 0.1) is 7.11 Å². The van der Waals surface area contributed by atoms with Gasteiger partial charge in [-0.05, 0) is 31.8 Å². The van der Waals surface area contributed by atoms with Crippen LogP contribution in [0, 0.1) is 0 Å². The molecule has 2 unspecified atom stereocenters. The highest BCUT2D eigenvalue weighted by Gasteiger charge is 2.56. The van der Waals surface area contributed by atoms with E-state index in [1.807, 2.05) is 5.41 Å². The fraction of sp³-hybridized carbons (Fsp3) is 0.643. The van der Waals surface area contributed by atoms with Gasteiger partial charge in [-0.3, -0.25) is 4.79 Å². The summed E-state index contributed by atoms with van der Waals surface area (Å²) in [5.74, 6) is -0.798. The van der Waals surface area contributed by atoms with Gasteiger partial charge in [0.15, 0.2) is 6.04 Å². The molecule has 7 nitrogen and oxygen atoms in total. The van der Waals surface area contributed by atoms with Crippen LogP contribution in [0.25, 0.3) is 0 Å². The second-order valence-corrected chi connectivity index (χ2v) is 7.70. The van der Waals surface area contributed by atoms with Crippen molar-refractivity contribution in [1.29, 1.82) is 0 Å². The van der Waals surface area contributed by atoms with Crippen LogP contribution in [0.3, 0.4) is 0 Å². The van der Waals surface area contributed by atoms with E-state index in [0.717, 1.165) is 5.57 Å². The van der Waals surface area contributed by atoms with Gasteiger partial charge in [-0.1, -0.05) is 15.9 Å². The minimum Gasteiger partial charge on any atom is -0.458 e. The van der Waals surface area contributed by atoms with Crippen molar-refractivity contribution in [3.63, 3.8) is 0 Å². The predicted octanol–water partition coefficient (Wildman–Crippen LogP) is 1.62. The van der Waals surface area contributed by atoms with Gasteiger partial charge in [-0.25, -0.2) is 9.59 Å². The molecule has 2 amide bonds. The number of nitrogens with zero attached hydrogens (tertiary/aromatic N) is 1. The summed E-state index contributed by atoms with van der Waals surface area (Å²) >= 11 is 4.72. The number of thioether (sulfide) groups is 1. The van der Waals surface area contributed by atoms with E-state index in [1.165, 1.54) is 23.8 Å². The Bertz CT molecular complexity index is 560. The zero-order chi connectivity index (χ0) is 17.4. The number of rotatable bonds is 3. The zero-order valence-corrected chi connectivity index (χ0v) is 15.7. The van der Waals surface area contributed by atoms with Crippen LogP contribution >= 0.6 is 27.7 Å². The Morgan fingerprint density at radius 1 is 1.43 bits per heavy atom. The standard InChI is InChI=1S/C14H19BrN2O5S/c1-14(2,3)22-12(19)9-7(5-15)6-23-11-8(10(18)17(9)11)16-13(20)21-4/h6,8-9,11H,5H2,1-4H3,(H,16,20)/t8?,9-,11?/m1/s1. The van der Waals surface area contributed by atoms with Crippen molar-refractivity contribution in [3.05, 3.63) is 11.0 Å². The summed E-state index contributed by atoms with van der Waals surface area (Å²) in [6, 6.07) is -1.48. The number of fused-ring (bicyclic) bond motifs is 1. The predicted molar refractivity (Wildman–Crippen MR) is 89.1 cm³/mol. The molecule has 0 aromatic heterocycles. The van der Waals surface area contributed by atoms with Crippen LogP contribution in [0.2, 0.25) is 0 Å². The molecule has 1 saturated heterocycles. The number of β-lactam (4-membered cyclic amide) rings is 1. The van der Waals surface area contributed by atoms with Crippen LogP contribution in [-0.4, -0.2) is 58.4 Å². The molecular weight excluding hydrogens is 388 g/mol. The smallest absolute Gasteiger partial charge is 0.407 e. The molecule has 0 aliphatic carbocycles. The van der Waals surface area contributed by atoms with Gasteiger partial charge in [-0.15, -0.1) is 11.8 Å². The third kappa shape index (κ3) is 3.65. The molecule has 0 radical (unpaired) electrons. The van der Waals surface area contributed by atoms with Gasteiger partial charge in [-0.2, -0.15) is 0 Å². The van der Waals surface area contributed by atoms with E-state index in [0.29, 0.717) is 5.33 Å². The minimum absolute atomic E-state index is 0.324. The Morgan fingerprint density at radius 3 is 2.61 bits per heavy atom. The van der Waals surface area contributed by atoms with E-state index in [4.69, 9.17) is 4.74 Å². The molecule has 128 valence electrons. The molecule has 3 atom stereocenters. The van der Waals surface area contributed by atoms with E-state index in [2.05, 4.69) is 26.0 Å². The second kappa shape index (κ2) is 6.72. The maximum atomic E-state index is 12.5. The number of amides is 2. The number of alkyl carbamates (subject to hydrolysis) is 1. The SMILES string of the molecule is COC(=O)NC1C(=O)N2C1SC=C(CBr)[C@@H]2C(=O)OC(C)(C)C. The molecule has 2 rings (SSSR count). The number of hydrogen-bond acceptors (Lipinski definition) is 6. The van der Waals surface area contributed by atoms with Gasteiger partial charge < -0.3 is 19.7 Å². The molecule has 0 spiro atoms. The summed E-state index contributed by atoms with van der Waals surface area (Å²) in [5.41, 5.74) is 0.108. The minimum atomic E-state index is -0.775. The fourth-order valence-electron chi connectivity index (χ4n) is 2.35. The molecule has 2 heterocycles. The highest BCUT2D eigenvalue weighted by molar-refractivity contribution is 9.09. The van der Waals surface area contributed by atoms with E-state index in [1.54, 1.807) is 20.8 Å². The highest BCUT2D eigenvalue weighted by Crippen LogP contribution is 2.41. The van der Waals surface area contributed by atoms with Gasteiger partial charge in [0.2, 0.25) is 5.91 Å². The fourth-order valence-corrected chi connectivity index (χ4v) is 4.26. The number of esters is 1. The molecule has 1 fully saturated rings. The number of hydrogen-bond donors (Lipinski definition) is 1. The van der Waals surface area contributed by atoms with E-state index in [-0.39, 0.29) is 11.3 Å². The van der Waals surface area contributed by atoms with Crippen molar-refractivity contribution in [2.75, 3.05) is 12.4 Å². The van der Waals surface area contributed by atoms with Crippen LogP contribution in [0.5, 0.6) is 0 Å². The Labute approximate surface area is 147 Å². The lowest BCUT2D eigenvalue weighted by atomic mass is 9.98. The van der Waals surface area contributed by atoms with Crippen LogP contribution in [-0.2, 0) is 19.1 Å². The number of nitrogens with one attached hydrogen (secondary N) is 1. The monoisotopic (exact) mass is 406 g/mol. The van der Waals surface area contributed by atoms with Crippen molar-refractivity contribution < 1.29 is 23.9 Å². The van der Waals surface area contributed by atoms with Crippen molar-refractivity contribution >= 4 is 45.7 Å². The number of alkyl halides is 1. The van der Waals surface area contributed by atoms with Crippen LogP contribution in [0.15, 0.2) is 11.0 Å². The lowest BCUT2D eigenvalue weighted by Crippen LogP contribution is -2.74. The van der Waals surface area contributed by atoms with Crippen molar-refractivity contribution in [2.24, 2.45) is 0 Å². The number of methoxy groups -OCH3 is 1. The summed E-state index contributed by atoms with van der Waals surface area (Å²) in [6.07, 6.45) is -0.673. The zero-order valence-electron chi connectivity index (χ0n) is 13.3. The molecule has 23 heavy (non-hydrogen) atoms. The number of halogens is 1. The van der Waals surface area contributed by atoms with Crippen molar-refractivity contribution in [3.8, 4) is 0 Å². The average Bonchev–Trinajstić information content (AvgIpc) is 2.48. The van der Waals surface area contributed by atoms with Gasteiger partial charge in [0, 0.05) is 5.33 Å². The van der Waals surface area contributed by atoms with Crippen LogP contribution in [0.4, 0.5) is 4.79 Å². The third-order valence-electron chi connectivity index (χ3n) is 3.31. The van der Waals surface area contributed by atoms with E-state index < -0.39 is 29.7 Å². The lowest BCUT2D eigenvalue weighted by molar-refractivity contribution is -0.169. The summed E-state index contributed by atoms with van der Waals surface area (Å²) < 4.78 is 9.95. The molecular formula is C14H19BrN2O5S. The quantitative estimate of drug-likeness (QED) is 0.435. The molecule has 0 aromatic carbocycles. The van der Waals surface area contributed by atoms with Gasteiger partial charge in [0.1, 0.15) is 17.0 Å². The topological polar surface area (TPSA) is 84.9 Å². The van der Waals surface area contributed by atoms with Crippen molar-refractivity contribution in [2.45, 2.75) is 43.8 Å². The molecule has 9 heteroatoms.